The van der Waals surface area contributed by atoms with Gasteiger partial charge >= 0.3 is 0 Å². The highest BCUT2D eigenvalue weighted by Crippen LogP contribution is 2.17. The molecule has 1 atom stereocenters. The number of rotatable bonds is 6. The van der Waals surface area contributed by atoms with Gasteiger partial charge in [0.05, 0.1) is 6.54 Å². The maximum Gasteiger partial charge on any atom is 0.274 e. The summed E-state index contributed by atoms with van der Waals surface area (Å²) in [6, 6.07) is 9.58. The van der Waals surface area contributed by atoms with Gasteiger partial charge in [-0.2, -0.15) is 5.10 Å². The number of ketones is 1. The molecule has 0 radical (unpaired) electrons. The summed E-state index contributed by atoms with van der Waals surface area (Å²) in [4.78, 5) is 30.1. The molecular weight excluding hydrogens is 354 g/mol. The van der Waals surface area contributed by atoms with Crippen LogP contribution in [0.15, 0.2) is 36.5 Å². The van der Waals surface area contributed by atoms with Crippen molar-refractivity contribution in [2.45, 2.75) is 32.2 Å². The molecule has 28 heavy (non-hydrogen) atoms. The molecule has 3 heterocycles. The Morgan fingerprint density at radius 2 is 2.14 bits per heavy atom. The van der Waals surface area contributed by atoms with E-state index in [9.17, 15) is 9.59 Å². The number of fused-ring (bicyclic) bond motifs is 1. The monoisotopic (exact) mass is 379 g/mol. The highest BCUT2D eigenvalue weighted by Gasteiger charge is 2.28. The molecule has 1 fully saturated rings. The molecule has 0 bridgehead atoms. The molecule has 7 heteroatoms. The summed E-state index contributed by atoms with van der Waals surface area (Å²) in [6.07, 6.45) is 2.70. The van der Waals surface area contributed by atoms with E-state index in [1.165, 1.54) is 0 Å². The molecule has 0 spiro atoms. The van der Waals surface area contributed by atoms with Crippen LogP contribution in [0.2, 0.25) is 0 Å². The average Bonchev–Trinajstić information content (AvgIpc) is 3.45. The number of nitrogens with zero attached hydrogens (tertiary/aromatic N) is 2. The molecule has 3 N–H and O–H groups in total. The summed E-state index contributed by atoms with van der Waals surface area (Å²) in [5, 5.41) is 11.4. The third kappa shape index (κ3) is 3.71. The predicted molar refractivity (Wildman–Crippen MR) is 108 cm³/mol. The van der Waals surface area contributed by atoms with Crippen molar-refractivity contribution in [1.29, 1.82) is 0 Å². The molecule has 0 aliphatic carbocycles. The van der Waals surface area contributed by atoms with E-state index in [0.29, 0.717) is 30.3 Å². The number of benzene rings is 1. The Bertz CT molecular complexity index is 1000. The van der Waals surface area contributed by atoms with Crippen LogP contribution in [0.25, 0.3) is 10.9 Å². The second-order valence-electron chi connectivity index (χ2n) is 7.68. The van der Waals surface area contributed by atoms with E-state index in [-0.39, 0.29) is 24.3 Å². The molecule has 1 aliphatic heterocycles. The van der Waals surface area contributed by atoms with Crippen molar-refractivity contribution in [3.63, 3.8) is 0 Å². The van der Waals surface area contributed by atoms with Crippen LogP contribution in [0.1, 0.15) is 52.7 Å². The molecule has 1 aromatic carbocycles. The lowest BCUT2D eigenvalue weighted by atomic mass is 10.1. The Hall–Kier alpha value is -2.93. The van der Waals surface area contributed by atoms with Crippen molar-refractivity contribution >= 4 is 22.6 Å². The second-order valence-corrected chi connectivity index (χ2v) is 7.68. The fraction of sp³-hybridized carbons (Fsp3) is 0.381. The van der Waals surface area contributed by atoms with Gasteiger partial charge in [-0.25, -0.2) is 0 Å². The highest BCUT2D eigenvalue weighted by atomic mass is 16.2. The molecule has 1 unspecified atom stereocenters. The molecule has 0 saturated carbocycles. The number of nitrogens with one attached hydrogen (secondary N) is 3. The van der Waals surface area contributed by atoms with Gasteiger partial charge in [0.1, 0.15) is 5.69 Å². The minimum absolute atomic E-state index is 0.0572. The molecular formula is C21H25N5O2. The number of hydrogen-bond donors (Lipinski definition) is 3. The lowest BCUT2D eigenvalue weighted by Crippen LogP contribution is -2.37. The van der Waals surface area contributed by atoms with Crippen LogP contribution in [0.5, 0.6) is 0 Å². The van der Waals surface area contributed by atoms with Crippen LogP contribution in [-0.4, -0.2) is 57.4 Å². The molecule has 1 aliphatic rings. The molecule has 2 aromatic heterocycles. The van der Waals surface area contributed by atoms with Gasteiger partial charge in [-0.15, -0.1) is 0 Å². The lowest BCUT2D eigenvalue weighted by molar-refractivity contribution is 0.0783. The van der Waals surface area contributed by atoms with Crippen LogP contribution in [0, 0.1) is 0 Å². The summed E-state index contributed by atoms with van der Waals surface area (Å²) in [5.41, 5.74) is 3.14. The van der Waals surface area contributed by atoms with Crippen LogP contribution >= 0.6 is 0 Å². The van der Waals surface area contributed by atoms with Gasteiger partial charge in [0.2, 0.25) is 0 Å². The van der Waals surface area contributed by atoms with E-state index >= 15 is 0 Å². The van der Waals surface area contributed by atoms with E-state index in [4.69, 9.17) is 0 Å². The lowest BCUT2D eigenvalue weighted by Gasteiger charge is -2.15. The first kappa shape index (κ1) is 18.4. The smallest absolute Gasteiger partial charge is 0.274 e. The second kappa shape index (κ2) is 7.59. The van der Waals surface area contributed by atoms with Crippen molar-refractivity contribution in [2.24, 2.45) is 0 Å². The summed E-state index contributed by atoms with van der Waals surface area (Å²) < 4.78 is 0. The number of carbonyl (C=O) groups is 2. The van der Waals surface area contributed by atoms with E-state index in [1.807, 2.05) is 36.5 Å². The Kier molecular flexibility index (Phi) is 5.00. The van der Waals surface area contributed by atoms with Crippen molar-refractivity contribution in [3.8, 4) is 0 Å². The van der Waals surface area contributed by atoms with Gasteiger partial charge < -0.3 is 15.2 Å². The minimum Gasteiger partial charge on any atom is -0.361 e. The van der Waals surface area contributed by atoms with Gasteiger partial charge in [0.15, 0.2) is 5.78 Å². The fourth-order valence-corrected chi connectivity index (χ4v) is 3.58. The number of aromatic nitrogens is 3. The van der Waals surface area contributed by atoms with Crippen LogP contribution in [-0.2, 0) is 0 Å². The molecule has 4 rings (SSSR count). The number of amides is 1. The molecule has 7 nitrogen and oxygen atoms in total. The number of aromatic amines is 2. The summed E-state index contributed by atoms with van der Waals surface area (Å²) >= 11 is 0. The summed E-state index contributed by atoms with van der Waals surface area (Å²) in [7, 11) is 0. The third-order valence-electron chi connectivity index (χ3n) is 5.34. The number of likely N-dealkylation sites (tertiary alicyclic amines) is 1. The van der Waals surface area contributed by atoms with Gasteiger partial charge in [0, 0.05) is 47.5 Å². The minimum atomic E-state index is -0.0586. The molecule has 1 amide bonds. The van der Waals surface area contributed by atoms with Gasteiger partial charge in [-0.05, 0) is 42.7 Å². The SMILES string of the molecule is CC(C)c1cc(C(=O)N2CCC(NCC(=O)c3ccc4[nH]ccc4c3)C2)n[nH]1. The summed E-state index contributed by atoms with van der Waals surface area (Å²) in [5.74, 6) is 0.303. The Labute approximate surface area is 163 Å². The van der Waals surface area contributed by atoms with E-state index in [1.54, 1.807) is 4.90 Å². The maximum atomic E-state index is 12.6. The third-order valence-corrected chi connectivity index (χ3v) is 5.34. The van der Waals surface area contributed by atoms with E-state index in [0.717, 1.165) is 23.0 Å². The fourth-order valence-electron chi connectivity index (χ4n) is 3.58. The van der Waals surface area contributed by atoms with E-state index < -0.39 is 0 Å². The first-order valence-corrected chi connectivity index (χ1v) is 9.69. The predicted octanol–water partition coefficient (Wildman–Crippen LogP) is 2.70. The maximum absolute atomic E-state index is 12.6. The topological polar surface area (TPSA) is 93.9 Å². The number of H-pyrrole nitrogens is 2. The first-order valence-electron chi connectivity index (χ1n) is 9.69. The van der Waals surface area contributed by atoms with Crippen LogP contribution in [0.4, 0.5) is 0 Å². The largest absolute Gasteiger partial charge is 0.361 e. The van der Waals surface area contributed by atoms with E-state index in [2.05, 4.69) is 34.3 Å². The van der Waals surface area contributed by atoms with Crippen LogP contribution < -0.4 is 5.32 Å². The van der Waals surface area contributed by atoms with Crippen LogP contribution in [0.3, 0.4) is 0 Å². The van der Waals surface area contributed by atoms with Gasteiger partial charge in [-0.1, -0.05) is 13.8 Å². The van der Waals surface area contributed by atoms with Gasteiger partial charge in [-0.3, -0.25) is 14.7 Å². The zero-order valence-corrected chi connectivity index (χ0v) is 16.2. The number of hydrogen-bond acceptors (Lipinski definition) is 4. The highest BCUT2D eigenvalue weighted by molar-refractivity contribution is 6.00. The Morgan fingerprint density at radius 1 is 1.29 bits per heavy atom. The zero-order chi connectivity index (χ0) is 19.7. The normalized spacial score (nSPS) is 17.0. The Morgan fingerprint density at radius 3 is 2.93 bits per heavy atom. The standard InChI is InChI=1S/C21H25N5O2/c1-13(2)18-10-19(25-24-18)21(28)26-8-6-16(12-26)23-11-20(27)15-3-4-17-14(9-15)5-7-22-17/h3-5,7,9-10,13,16,22-23H,6,8,11-12H2,1-2H3,(H,24,25). The first-order chi connectivity index (χ1) is 13.5. The summed E-state index contributed by atoms with van der Waals surface area (Å²) in [6.45, 7) is 5.64. The van der Waals surface area contributed by atoms with Crippen molar-refractivity contribution in [3.05, 3.63) is 53.5 Å². The number of carbonyl (C=O) groups excluding carboxylic acids is 2. The Balaban J connectivity index is 1.31. The zero-order valence-electron chi connectivity index (χ0n) is 16.2. The molecule has 1 saturated heterocycles. The van der Waals surface area contributed by atoms with Crippen molar-refractivity contribution in [1.82, 2.24) is 25.4 Å². The quantitative estimate of drug-likeness (QED) is 0.574. The van der Waals surface area contributed by atoms with Crippen molar-refractivity contribution in [2.75, 3.05) is 19.6 Å². The molecule has 3 aromatic rings. The molecule has 146 valence electrons. The average molecular weight is 379 g/mol. The van der Waals surface area contributed by atoms with Gasteiger partial charge in [0.25, 0.3) is 5.91 Å². The van der Waals surface area contributed by atoms with Crippen molar-refractivity contribution < 1.29 is 9.59 Å². The number of Topliss-reactive ketones (excluding diaryl/α,β-unsaturated/α-hetero) is 1.